The van der Waals surface area contributed by atoms with Gasteiger partial charge in [-0.1, -0.05) is 32.9 Å². The van der Waals surface area contributed by atoms with Crippen LogP contribution < -0.4 is 11.1 Å². The summed E-state index contributed by atoms with van der Waals surface area (Å²) < 4.78 is 0. The van der Waals surface area contributed by atoms with E-state index >= 15 is 0 Å². The molecule has 0 radical (unpaired) electrons. The maximum Gasteiger partial charge on any atom is 0.273 e. The van der Waals surface area contributed by atoms with Crippen LogP contribution in [0, 0.1) is 17.0 Å². The van der Waals surface area contributed by atoms with Gasteiger partial charge in [-0.05, 0) is 36.1 Å². The van der Waals surface area contributed by atoms with Gasteiger partial charge in [0.05, 0.1) is 4.92 Å². The smallest absolute Gasteiger partial charge is 0.273 e. The number of nitrogen functional groups attached to an aromatic ring is 1. The van der Waals surface area contributed by atoms with Crippen LogP contribution in [0.15, 0.2) is 36.4 Å². The number of nitrogens with one attached hydrogen (secondary N) is 1. The van der Waals surface area contributed by atoms with Gasteiger partial charge in [0.25, 0.3) is 11.6 Å². The Kier molecular flexibility index (Phi) is 4.59. The summed E-state index contributed by atoms with van der Waals surface area (Å²) in [6.07, 6.45) is 0. The molecule has 2 aromatic carbocycles. The zero-order chi connectivity index (χ0) is 18.1. The summed E-state index contributed by atoms with van der Waals surface area (Å²) in [6.45, 7) is 7.53. The molecule has 2 rings (SSSR count). The molecule has 0 atom stereocenters. The fraction of sp³-hybridized carbons (Fsp3) is 0.278. The Morgan fingerprint density at radius 3 is 2.42 bits per heavy atom. The van der Waals surface area contributed by atoms with E-state index in [-0.39, 0.29) is 16.7 Å². The van der Waals surface area contributed by atoms with Gasteiger partial charge in [0.15, 0.2) is 0 Å². The summed E-state index contributed by atoms with van der Waals surface area (Å²) in [7, 11) is 0. The third kappa shape index (κ3) is 3.71. The van der Waals surface area contributed by atoms with E-state index in [0.717, 1.165) is 5.56 Å². The molecular formula is C18H21N3O3. The van der Waals surface area contributed by atoms with Gasteiger partial charge in [-0.3, -0.25) is 14.9 Å². The zero-order valence-electron chi connectivity index (χ0n) is 14.2. The number of nitrogens with zero attached hydrogens (tertiary/aromatic N) is 1. The molecule has 0 saturated heterocycles. The average molecular weight is 327 g/mol. The number of hydrogen-bond acceptors (Lipinski definition) is 4. The topological polar surface area (TPSA) is 98.3 Å². The standard InChI is InChI=1S/C18H21N3O3/c1-11-5-7-13(19)10-15(11)20-17(22)12-6-8-14(18(2,3)4)16(9-12)21(23)24/h5-10H,19H2,1-4H3,(H,20,22). The summed E-state index contributed by atoms with van der Waals surface area (Å²) in [4.78, 5) is 23.3. The van der Waals surface area contributed by atoms with Crippen LogP contribution in [-0.2, 0) is 5.41 Å². The van der Waals surface area contributed by atoms with Crippen LogP contribution in [0.3, 0.4) is 0 Å². The lowest BCUT2D eigenvalue weighted by Gasteiger charge is -2.19. The van der Waals surface area contributed by atoms with E-state index in [1.165, 1.54) is 6.07 Å². The molecule has 24 heavy (non-hydrogen) atoms. The highest BCUT2D eigenvalue weighted by atomic mass is 16.6. The predicted molar refractivity (Wildman–Crippen MR) is 95.3 cm³/mol. The number of benzene rings is 2. The molecule has 0 aliphatic heterocycles. The molecule has 0 unspecified atom stereocenters. The summed E-state index contributed by atoms with van der Waals surface area (Å²) in [6, 6.07) is 9.76. The Balaban J connectivity index is 2.38. The number of amides is 1. The van der Waals surface area contributed by atoms with E-state index in [4.69, 9.17) is 5.73 Å². The minimum Gasteiger partial charge on any atom is -0.399 e. The molecule has 0 aliphatic rings. The largest absolute Gasteiger partial charge is 0.399 e. The number of rotatable bonds is 3. The molecule has 0 saturated carbocycles. The predicted octanol–water partition coefficient (Wildman–Crippen LogP) is 4.04. The third-order valence-electron chi connectivity index (χ3n) is 3.77. The molecule has 0 fully saturated rings. The fourth-order valence-electron chi connectivity index (χ4n) is 2.43. The van der Waals surface area contributed by atoms with E-state index in [2.05, 4.69) is 5.32 Å². The first kappa shape index (κ1) is 17.5. The molecular weight excluding hydrogens is 306 g/mol. The molecule has 6 heteroatoms. The van der Waals surface area contributed by atoms with Crippen LogP contribution in [0.25, 0.3) is 0 Å². The molecule has 0 bridgehead atoms. The van der Waals surface area contributed by atoms with Crippen LogP contribution in [0.4, 0.5) is 17.1 Å². The Bertz CT molecular complexity index is 808. The Labute approximate surface area is 140 Å². The van der Waals surface area contributed by atoms with Crippen molar-refractivity contribution in [3.8, 4) is 0 Å². The molecule has 0 aliphatic carbocycles. The summed E-state index contributed by atoms with van der Waals surface area (Å²) in [5, 5.41) is 14.1. The quantitative estimate of drug-likeness (QED) is 0.505. The number of aryl methyl sites for hydroxylation is 1. The molecule has 1 amide bonds. The van der Waals surface area contributed by atoms with Crippen LogP contribution in [-0.4, -0.2) is 10.8 Å². The van der Waals surface area contributed by atoms with Gasteiger partial charge in [0.2, 0.25) is 0 Å². The van der Waals surface area contributed by atoms with Crippen molar-refractivity contribution in [1.82, 2.24) is 0 Å². The van der Waals surface area contributed by atoms with Crippen molar-refractivity contribution in [2.24, 2.45) is 0 Å². The van der Waals surface area contributed by atoms with Gasteiger partial charge in [-0.15, -0.1) is 0 Å². The highest BCUT2D eigenvalue weighted by molar-refractivity contribution is 6.05. The Morgan fingerprint density at radius 2 is 1.83 bits per heavy atom. The minimum atomic E-state index is -0.455. The maximum atomic E-state index is 12.4. The van der Waals surface area contributed by atoms with E-state index in [1.807, 2.05) is 27.7 Å². The first-order valence-corrected chi connectivity index (χ1v) is 7.56. The van der Waals surface area contributed by atoms with E-state index in [0.29, 0.717) is 16.9 Å². The second kappa shape index (κ2) is 6.31. The van der Waals surface area contributed by atoms with Crippen molar-refractivity contribution in [2.75, 3.05) is 11.1 Å². The van der Waals surface area contributed by atoms with Crippen molar-refractivity contribution in [2.45, 2.75) is 33.1 Å². The SMILES string of the molecule is Cc1ccc(N)cc1NC(=O)c1ccc(C(C)(C)C)c([N+](=O)[O-])c1. The van der Waals surface area contributed by atoms with Gasteiger partial charge in [0.1, 0.15) is 0 Å². The van der Waals surface area contributed by atoms with Crippen LogP contribution >= 0.6 is 0 Å². The molecule has 2 aromatic rings. The van der Waals surface area contributed by atoms with E-state index < -0.39 is 10.8 Å². The van der Waals surface area contributed by atoms with Gasteiger partial charge in [-0.25, -0.2) is 0 Å². The molecule has 3 N–H and O–H groups in total. The van der Waals surface area contributed by atoms with E-state index in [9.17, 15) is 14.9 Å². The van der Waals surface area contributed by atoms with Gasteiger partial charge < -0.3 is 11.1 Å². The lowest BCUT2D eigenvalue weighted by Crippen LogP contribution is -2.17. The van der Waals surface area contributed by atoms with Crippen molar-refractivity contribution in [3.63, 3.8) is 0 Å². The monoisotopic (exact) mass is 327 g/mol. The fourth-order valence-corrected chi connectivity index (χ4v) is 2.43. The lowest BCUT2D eigenvalue weighted by molar-refractivity contribution is -0.386. The van der Waals surface area contributed by atoms with Crippen LogP contribution in [0.2, 0.25) is 0 Å². The molecule has 0 spiro atoms. The van der Waals surface area contributed by atoms with E-state index in [1.54, 1.807) is 30.3 Å². The number of nitro groups is 1. The average Bonchev–Trinajstić information content (AvgIpc) is 2.49. The number of carbonyl (C=O) groups excluding carboxylic acids is 1. The highest BCUT2D eigenvalue weighted by Gasteiger charge is 2.26. The molecule has 0 heterocycles. The molecule has 126 valence electrons. The van der Waals surface area contributed by atoms with Gasteiger partial charge in [0, 0.05) is 28.6 Å². The lowest BCUT2D eigenvalue weighted by atomic mass is 9.85. The second-order valence-electron chi connectivity index (χ2n) is 6.77. The van der Waals surface area contributed by atoms with Gasteiger partial charge in [-0.2, -0.15) is 0 Å². The third-order valence-corrected chi connectivity index (χ3v) is 3.77. The Hall–Kier alpha value is -2.89. The Morgan fingerprint density at radius 1 is 1.17 bits per heavy atom. The first-order valence-electron chi connectivity index (χ1n) is 7.56. The number of hydrogen-bond donors (Lipinski definition) is 2. The van der Waals surface area contributed by atoms with Crippen LogP contribution in [0.1, 0.15) is 42.3 Å². The van der Waals surface area contributed by atoms with Crippen molar-refractivity contribution < 1.29 is 9.72 Å². The minimum absolute atomic E-state index is 0.0561. The summed E-state index contributed by atoms with van der Waals surface area (Å²) >= 11 is 0. The number of anilines is 2. The van der Waals surface area contributed by atoms with Crippen molar-refractivity contribution in [1.29, 1.82) is 0 Å². The summed E-state index contributed by atoms with van der Waals surface area (Å²) in [5.74, 6) is -0.410. The number of nitrogens with two attached hydrogens (primary N) is 1. The first-order chi connectivity index (χ1) is 11.1. The molecule has 0 aromatic heterocycles. The second-order valence-corrected chi connectivity index (χ2v) is 6.77. The van der Waals surface area contributed by atoms with Crippen LogP contribution in [0.5, 0.6) is 0 Å². The van der Waals surface area contributed by atoms with Crippen molar-refractivity contribution in [3.05, 3.63) is 63.2 Å². The number of carbonyl (C=O) groups is 1. The highest BCUT2D eigenvalue weighted by Crippen LogP contribution is 2.32. The van der Waals surface area contributed by atoms with Crippen molar-refractivity contribution >= 4 is 23.0 Å². The normalized spacial score (nSPS) is 11.2. The summed E-state index contributed by atoms with van der Waals surface area (Å²) in [5.41, 5.74) is 8.09. The zero-order valence-corrected chi connectivity index (χ0v) is 14.2. The maximum absolute atomic E-state index is 12.4. The van der Waals surface area contributed by atoms with Gasteiger partial charge >= 0.3 is 0 Å². The molecule has 6 nitrogen and oxygen atoms in total. The number of nitro benzene ring substituents is 1.